The first-order valence-electron chi connectivity index (χ1n) is 27.0. The molecule has 5 aliphatic rings. The SMILES string of the molecule is CC1=C2C(C)=[N+]3C1=C(c1ccc(C(=O)ON4C(=O)CCC4=O)cc1)c1c(C)c(c(C)n1[B-]3(F)F)-c1sc(S(=O)(=O)O)cc1C(=O)NCCCCCC(=O)NC(CS(=O)(=O)O)C(=O)NC(CS(=O)(=O)O)C(=O)NCCCCCNC(=O)c1cc(S(=O)(=O)O)sc12. The molecule has 9 rings (SSSR count). The number of fused-ring (bicyclic) bond motifs is 21. The Morgan fingerprint density at radius 3 is 1.67 bits per heavy atom. The van der Waals surface area contributed by atoms with E-state index in [4.69, 9.17) is 4.84 Å². The van der Waals surface area contributed by atoms with Gasteiger partial charge in [0.1, 0.15) is 37.7 Å². The summed E-state index contributed by atoms with van der Waals surface area (Å²) in [5, 5.41) is 11.9. The fourth-order valence-electron chi connectivity index (χ4n) is 10.8. The summed E-state index contributed by atoms with van der Waals surface area (Å²) >= 11 is 0.757. The molecule has 89 heavy (non-hydrogen) atoms. The number of imide groups is 1. The number of allylic oxidation sites excluding steroid dienone is 2. The van der Waals surface area contributed by atoms with Crippen LogP contribution in [0.3, 0.4) is 0 Å². The summed E-state index contributed by atoms with van der Waals surface area (Å²) in [6, 6.07) is 2.59. The van der Waals surface area contributed by atoms with E-state index in [-0.39, 0.29) is 143 Å². The Bertz CT molecular complexity index is 4250. The summed E-state index contributed by atoms with van der Waals surface area (Å²) in [5.74, 6) is -11.1. The van der Waals surface area contributed by atoms with E-state index in [1.54, 1.807) is 0 Å². The van der Waals surface area contributed by atoms with E-state index in [1.165, 1.54) is 52.0 Å². The number of nitrogens with zero attached hydrogens (tertiary/aromatic N) is 3. The van der Waals surface area contributed by atoms with Gasteiger partial charge in [-0.3, -0.25) is 51.8 Å². The second-order valence-electron chi connectivity index (χ2n) is 21.0. The van der Waals surface area contributed by atoms with Crippen LogP contribution in [-0.4, -0.2) is 169 Å². The molecule has 0 spiro atoms. The lowest BCUT2D eigenvalue weighted by Gasteiger charge is -2.34. The predicted octanol–water partition coefficient (Wildman–Crippen LogP) is 2.63. The van der Waals surface area contributed by atoms with Gasteiger partial charge < -0.3 is 49.0 Å². The largest absolute Gasteiger partial charge is 0.737 e. The van der Waals surface area contributed by atoms with Crippen molar-refractivity contribution in [3.05, 3.63) is 91.8 Å². The lowest BCUT2D eigenvalue weighted by atomic mass is 9.83. The molecule has 6 bridgehead atoms. The van der Waals surface area contributed by atoms with Gasteiger partial charge in [0.05, 0.1) is 37.6 Å². The molecule has 4 aromatic rings. The number of thiophene rings is 2. The molecule has 1 saturated heterocycles. The lowest BCUT2D eigenvalue weighted by molar-refractivity contribution is -0.363. The molecule has 2 unspecified atom stereocenters. The number of halogens is 2. The van der Waals surface area contributed by atoms with Gasteiger partial charge in [-0.1, -0.05) is 18.6 Å². The van der Waals surface area contributed by atoms with Crippen LogP contribution in [-0.2, 0) is 69.3 Å². The zero-order chi connectivity index (χ0) is 65.6. The van der Waals surface area contributed by atoms with Gasteiger partial charge in [-0.05, 0) is 94.0 Å². The van der Waals surface area contributed by atoms with Crippen LogP contribution in [0, 0.1) is 13.8 Å². The maximum atomic E-state index is 18.4. The zero-order valence-corrected chi connectivity index (χ0v) is 52.3. The van der Waals surface area contributed by atoms with Crippen molar-refractivity contribution in [1.29, 1.82) is 0 Å². The molecular weight excluding hydrogens is 1300 g/mol. The third-order valence-electron chi connectivity index (χ3n) is 14.8. The van der Waals surface area contributed by atoms with Gasteiger partial charge in [-0.2, -0.15) is 33.7 Å². The predicted molar refractivity (Wildman–Crippen MR) is 314 cm³/mol. The van der Waals surface area contributed by atoms with Gasteiger partial charge in [-0.15, -0.1) is 27.7 Å². The van der Waals surface area contributed by atoms with Crippen molar-refractivity contribution in [3.63, 3.8) is 0 Å². The second-order valence-corrected chi connectivity index (χ2v) is 29.4. The zero-order valence-electron chi connectivity index (χ0n) is 47.4. The van der Waals surface area contributed by atoms with Gasteiger partial charge in [0.25, 0.3) is 43.9 Å². The molecule has 5 aliphatic heterocycles. The Morgan fingerprint density at radius 1 is 0.652 bits per heavy atom. The normalized spacial score (nSPS) is 20.1. The minimum atomic E-state index is -5.15. The van der Waals surface area contributed by atoms with Crippen molar-refractivity contribution < 1.29 is 108 Å². The molecule has 0 saturated carbocycles. The summed E-state index contributed by atoms with van der Waals surface area (Å²) in [6.45, 7) is -0.359. The molecule has 7 amide bonds. The molecular formula is C51H57BF2N8O21S6. The van der Waals surface area contributed by atoms with Crippen LogP contribution in [0.4, 0.5) is 8.63 Å². The van der Waals surface area contributed by atoms with Crippen molar-refractivity contribution in [3.8, 4) is 10.4 Å². The van der Waals surface area contributed by atoms with Crippen LogP contribution in [0.15, 0.2) is 56.1 Å². The van der Waals surface area contributed by atoms with Crippen molar-refractivity contribution in [1.82, 2.24) is 36.1 Å². The van der Waals surface area contributed by atoms with Gasteiger partial charge >= 0.3 is 33.2 Å². The Hall–Kier alpha value is -7.43. The lowest BCUT2D eigenvalue weighted by Crippen LogP contribution is -2.57. The number of aromatic nitrogens is 1. The molecule has 29 nitrogen and oxygen atoms in total. The number of hydrogen-bond acceptors (Lipinski definition) is 19. The number of carbonyl (C=O) groups is 8. The second kappa shape index (κ2) is 25.8. The van der Waals surface area contributed by atoms with Crippen molar-refractivity contribution in [2.24, 2.45) is 0 Å². The molecule has 3 aromatic heterocycles. The number of hydroxylamine groups is 2. The van der Waals surface area contributed by atoms with E-state index < -0.39 is 144 Å². The average Bonchev–Trinajstić information content (AvgIpc) is 1.54. The number of carbonyl (C=O) groups excluding carboxylic acids is 8. The average molecular weight is 1360 g/mol. The first kappa shape index (κ1) is 67.5. The molecule has 480 valence electrons. The standard InChI is InChI=1S/C51H57BF2N8O21S6/c1-25-40-27(3)60-43(25)42(29-12-14-30(15-13-29)51(70)83-62-36(64)16-17-37(62)65)44-26(2)41(28(4)61(44)52(60,53)54)46-32(22-39(85-46)89(80,81)82)48(67)56-19-9-6-10-20-57-49(68)33(23-86(71,72)73)59-50(69)34(24-87(74,75)76)58-35(63)11-7-5-8-18-55-47(66)31-21-38(84-45(31)40)88(77,78)79/h12-15,21-22,33-34H,5-11,16-20,23-24H2,1-4H3,(H,55,66)(H,56,67)(H,57,68)(H,58,63)(H,59,69)(H,71,72,73)(H,74,75,76)(H,77,78,79)(H,80,81,82). The van der Waals surface area contributed by atoms with Gasteiger partial charge in [0, 0.05) is 62.7 Å². The van der Waals surface area contributed by atoms with Gasteiger partial charge in [-0.25, -0.2) is 4.79 Å². The van der Waals surface area contributed by atoms with Crippen LogP contribution in [0.2, 0.25) is 0 Å². The molecule has 0 aliphatic carbocycles. The summed E-state index contributed by atoms with van der Waals surface area (Å²) in [4.78, 5) is 111. The van der Waals surface area contributed by atoms with Crippen LogP contribution in [0.1, 0.15) is 130 Å². The minimum absolute atomic E-state index is 0.00122. The van der Waals surface area contributed by atoms with E-state index in [9.17, 15) is 90.2 Å². The maximum absolute atomic E-state index is 18.4. The molecule has 1 fully saturated rings. The molecule has 38 heteroatoms. The fourth-order valence-corrected chi connectivity index (χ4v) is 16.1. The number of nitrogens with one attached hydrogen (secondary N) is 5. The molecule has 1 aromatic carbocycles. The number of rotatable bonds is 9. The van der Waals surface area contributed by atoms with E-state index in [0.717, 1.165) is 12.1 Å². The number of hydrogen-bond donors (Lipinski definition) is 9. The summed E-state index contributed by atoms with van der Waals surface area (Å²) < 4.78 is 175. The molecule has 2 atom stereocenters. The number of benzene rings is 1. The Morgan fingerprint density at radius 2 is 1.15 bits per heavy atom. The summed E-state index contributed by atoms with van der Waals surface area (Å²) in [6.07, 6.45) is -0.150. The number of amides is 7. The van der Waals surface area contributed by atoms with E-state index in [1.807, 2.05) is 5.32 Å². The molecule has 0 radical (unpaired) electrons. The smallest absolute Gasteiger partial charge is 0.393 e. The minimum Gasteiger partial charge on any atom is -0.393 e. The third kappa shape index (κ3) is 14.6. The Balaban J connectivity index is 1.25. The van der Waals surface area contributed by atoms with Crippen molar-refractivity contribution in [2.45, 2.75) is 106 Å². The third-order valence-corrected chi connectivity index (χ3v) is 21.2. The van der Waals surface area contributed by atoms with Crippen molar-refractivity contribution in [2.75, 3.05) is 31.1 Å². The highest BCUT2D eigenvalue weighted by Crippen LogP contribution is 2.52. The van der Waals surface area contributed by atoms with Crippen LogP contribution < -0.4 is 26.6 Å². The highest BCUT2D eigenvalue weighted by molar-refractivity contribution is 7.88. The Kier molecular flexibility index (Phi) is 19.6. The Labute approximate surface area is 515 Å². The van der Waals surface area contributed by atoms with Gasteiger partial charge in [0.2, 0.25) is 17.7 Å². The summed E-state index contributed by atoms with van der Waals surface area (Å²) in [7, 11) is -20.3. The topological polar surface area (TPSA) is 435 Å². The highest BCUT2D eigenvalue weighted by Gasteiger charge is 2.58. The highest BCUT2D eigenvalue weighted by atomic mass is 32.3. The quantitative estimate of drug-likeness (QED) is 0.0503. The van der Waals surface area contributed by atoms with Gasteiger partial charge in [0.15, 0.2) is 5.70 Å². The van der Waals surface area contributed by atoms with E-state index in [0.29, 0.717) is 36.7 Å². The fraction of sp³-hybridized carbons (Fsp3) is 0.392. The summed E-state index contributed by atoms with van der Waals surface area (Å²) in [5.41, 5.74) is -2.00. The molecule has 9 N–H and O–H groups in total. The van der Waals surface area contributed by atoms with Crippen molar-refractivity contribution >= 4 is 134 Å². The monoisotopic (exact) mass is 1360 g/mol. The van der Waals surface area contributed by atoms with E-state index >= 15 is 8.63 Å². The first-order valence-corrected chi connectivity index (χ1v) is 34.7. The van der Waals surface area contributed by atoms with Crippen LogP contribution in [0.5, 0.6) is 0 Å². The van der Waals surface area contributed by atoms with Crippen LogP contribution >= 0.6 is 22.7 Å². The maximum Gasteiger partial charge on any atom is 0.737 e. The molecule has 8 heterocycles. The van der Waals surface area contributed by atoms with Crippen LogP contribution in [0.25, 0.3) is 21.6 Å². The van der Waals surface area contributed by atoms with E-state index in [2.05, 4.69) is 21.3 Å². The first-order chi connectivity index (χ1) is 41.4.